The van der Waals surface area contributed by atoms with Gasteiger partial charge >= 0.3 is 0 Å². The number of carbonyl (C=O) groups excluding carboxylic acids is 1. The lowest BCUT2D eigenvalue weighted by atomic mass is 9.99. The summed E-state index contributed by atoms with van der Waals surface area (Å²) < 4.78 is 0. The van der Waals surface area contributed by atoms with Crippen LogP contribution in [0.4, 0.5) is 0 Å². The predicted octanol–water partition coefficient (Wildman–Crippen LogP) is 0.851. The molecule has 1 aliphatic rings. The minimum Gasteiger partial charge on any atom is -0.390 e. The molecule has 0 bridgehead atoms. The molecule has 1 rings (SSSR count). The summed E-state index contributed by atoms with van der Waals surface area (Å²) in [4.78, 5) is 13.6. The van der Waals surface area contributed by atoms with Crippen LogP contribution >= 0.6 is 0 Å². The third-order valence-electron chi connectivity index (χ3n) is 3.16. The fraction of sp³-hybridized carbons (Fsp3) is 0.923. The number of amides is 1. The maximum atomic E-state index is 11.8. The highest BCUT2D eigenvalue weighted by Gasteiger charge is 2.26. The van der Waals surface area contributed by atoms with Gasteiger partial charge in [-0.1, -0.05) is 20.8 Å². The molecule has 1 aliphatic heterocycles. The predicted molar refractivity (Wildman–Crippen MR) is 68.7 cm³/mol. The fourth-order valence-electron chi connectivity index (χ4n) is 2.17. The van der Waals surface area contributed by atoms with Crippen LogP contribution in [0.1, 0.15) is 33.6 Å². The Morgan fingerprint density at radius 2 is 2.18 bits per heavy atom. The molecule has 17 heavy (non-hydrogen) atoms. The first kappa shape index (κ1) is 14.5. The monoisotopic (exact) mass is 242 g/mol. The average molecular weight is 242 g/mol. The van der Waals surface area contributed by atoms with Crippen molar-refractivity contribution in [2.24, 2.45) is 11.8 Å². The number of likely N-dealkylation sites (tertiary alicyclic amines) is 1. The molecular formula is C13H26N2O2. The zero-order chi connectivity index (χ0) is 12.8. The van der Waals surface area contributed by atoms with Gasteiger partial charge in [0.25, 0.3) is 0 Å². The summed E-state index contributed by atoms with van der Waals surface area (Å²) in [5.41, 5.74) is 0. The lowest BCUT2D eigenvalue weighted by Gasteiger charge is -2.32. The molecule has 1 heterocycles. The van der Waals surface area contributed by atoms with E-state index in [0.717, 1.165) is 25.9 Å². The van der Waals surface area contributed by atoms with Crippen LogP contribution < -0.4 is 5.32 Å². The zero-order valence-electron chi connectivity index (χ0n) is 11.3. The molecule has 0 aromatic rings. The Bertz CT molecular complexity index is 244. The van der Waals surface area contributed by atoms with Crippen molar-refractivity contribution in [3.05, 3.63) is 0 Å². The third kappa shape index (κ3) is 5.04. The molecule has 0 saturated carbocycles. The summed E-state index contributed by atoms with van der Waals surface area (Å²) in [5.74, 6) is 0.901. The van der Waals surface area contributed by atoms with E-state index in [1.807, 2.05) is 6.92 Å². The second kappa shape index (κ2) is 6.97. The van der Waals surface area contributed by atoms with Gasteiger partial charge in [0.15, 0.2) is 0 Å². The van der Waals surface area contributed by atoms with Crippen LogP contribution in [-0.2, 0) is 4.79 Å². The number of piperidine rings is 1. The van der Waals surface area contributed by atoms with Gasteiger partial charge in [0, 0.05) is 25.6 Å². The molecule has 4 heteroatoms. The number of aliphatic hydroxyl groups is 1. The molecule has 0 aliphatic carbocycles. The SMILES string of the molecule is CC(C)CNCC(O)CN1CCCC(C)C1=O. The summed E-state index contributed by atoms with van der Waals surface area (Å²) >= 11 is 0. The zero-order valence-corrected chi connectivity index (χ0v) is 11.3. The van der Waals surface area contributed by atoms with Crippen LogP contribution in [0.5, 0.6) is 0 Å². The molecule has 0 aromatic carbocycles. The highest BCUT2D eigenvalue weighted by Crippen LogP contribution is 2.17. The van der Waals surface area contributed by atoms with E-state index in [4.69, 9.17) is 0 Å². The van der Waals surface area contributed by atoms with Gasteiger partial charge < -0.3 is 15.3 Å². The largest absolute Gasteiger partial charge is 0.390 e. The lowest BCUT2D eigenvalue weighted by molar-refractivity contribution is -0.139. The van der Waals surface area contributed by atoms with Crippen molar-refractivity contribution < 1.29 is 9.90 Å². The molecule has 1 saturated heterocycles. The van der Waals surface area contributed by atoms with Crippen molar-refractivity contribution in [1.29, 1.82) is 0 Å². The Hall–Kier alpha value is -0.610. The molecule has 2 unspecified atom stereocenters. The quantitative estimate of drug-likeness (QED) is 0.726. The van der Waals surface area contributed by atoms with Gasteiger partial charge in [-0.25, -0.2) is 0 Å². The Morgan fingerprint density at radius 3 is 2.82 bits per heavy atom. The Labute approximate surface area is 104 Å². The van der Waals surface area contributed by atoms with Crippen molar-refractivity contribution >= 4 is 5.91 Å². The first-order valence-corrected chi connectivity index (χ1v) is 6.68. The fourth-order valence-corrected chi connectivity index (χ4v) is 2.17. The van der Waals surface area contributed by atoms with E-state index in [2.05, 4.69) is 19.2 Å². The maximum absolute atomic E-state index is 11.8. The second-order valence-electron chi connectivity index (χ2n) is 5.53. The molecule has 1 amide bonds. The number of carbonyl (C=O) groups is 1. The molecule has 4 nitrogen and oxygen atoms in total. The van der Waals surface area contributed by atoms with Crippen molar-refractivity contribution in [2.75, 3.05) is 26.2 Å². The standard InChI is InChI=1S/C13H26N2O2/c1-10(2)7-14-8-12(16)9-15-6-4-5-11(3)13(15)17/h10-12,14,16H,4-9H2,1-3H3. The molecule has 1 fully saturated rings. The maximum Gasteiger partial charge on any atom is 0.225 e. The smallest absolute Gasteiger partial charge is 0.225 e. The van der Waals surface area contributed by atoms with Crippen LogP contribution in [0.3, 0.4) is 0 Å². The summed E-state index contributed by atoms with van der Waals surface area (Å²) in [6.07, 6.45) is 1.58. The van der Waals surface area contributed by atoms with Gasteiger partial charge in [-0.15, -0.1) is 0 Å². The van der Waals surface area contributed by atoms with Crippen LogP contribution in [0.15, 0.2) is 0 Å². The number of nitrogens with zero attached hydrogens (tertiary/aromatic N) is 1. The van der Waals surface area contributed by atoms with Gasteiger partial charge in [0.2, 0.25) is 5.91 Å². The highest BCUT2D eigenvalue weighted by molar-refractivity contribution is 5.79. The van der Waals surface area contributed by atoms with Gasteiger partial charge in [0.1, 0.15) is 0 Å². The van der Waals surface area contributed by atoms with Crippen molar-refractivity contribution in [2.45, 2.75) is 39.7 Å². The van der Waals surface area contributed by atoms with Crippen molar-refractivity contribution in [3.8, 4) is 0 Å². The molecule has 0 radical (unpaired) electrons. The van der Waals surface area contributed by atoms with Gasteiger partial charge in [-0.05, 0) is 25.3 Å². The van der Waals surface area contributed by atoms with Crippen molar-refractivity contribution in [3.63, 3.8) is 0 Å². The van der Waals surface area contributed by atoms with E-state index in [0.29, 0.717) is 19.0 Å². The van der Waals surface area contributed by atoms with Gasteiger partial charge in [-0.3, -0.25) is 4.79 Å². The third-order valence-corrected chi connectivity index (χ3v) is 3.16. The minimum atomic E-state index is -0.456. The molecule has 2 N–H and O–H groups in total. The first-order valence-electron chi connectivity index (χ1n) is 6.68. The van der Waals surface area contributed by atoms with Crippen LogP contribution in [0.2, 0.25) is 0 Å². The van der Waals surface area contributed by atoms with E-state index < -0.39 is 6.10 Å². The molecule has 0 spiro atoms. The number of β-amino-alcohol motifs (C(OH)–C–C–N with tert-alkyl or cyclic N) is 1. The average Bonchev–Trinajstić information content (AvgIpc) is 2.24. The minimum absolute atomic E-state index is 0.125. The Morgan fingerprint density at radius 1 is 1.47 bits per heavy atom. The summed E-state index contributed by atoms with van der Waals surface area (Å²) in [6.45, 7) is 8.97. The van der Waals surface area contributed by atoms with Gasteiger partial charge in [0.05, 0.1) is 6.10 Å². The number of nitrogens with one attached hydrogen (secondary N) is 1. The van der Waals surface area contributed by atoms with Crippen LogP contribution in [0, 0.1) is 11.8 Å². The normalized spacial score (nSPS) is 23.2. The first-order chi connectivity index (χ1) is 8.00. The number of hydrogen-bond donors (Lipinski definition) is 2. The van der Waals surface area contributed by atoms with Crippen LogP contribution in [-0.4, -0.2) is 48.2 Å². The molecule has 2 atom stereocenters. The number of rotatable bonds is 6. The van der Waals surface area contributed by atoms with Gasteiger partial charge in [-0.2, -0.15) is 0 Å². The summed E-state index contributed by atoms with van der Waals surface area (Å²) in [6, 6.07) is 0. The Balaban J connectivity index is 2.25. The van der Waals surface area contributed by atoms with E-state index >= 15 is 0 Å². The Kier molecular flexibility index (Phi) is 5.92. The molecular weight excluding hydrogens is 216 g/mol. The van der Waals surface area contributed by atoms with E-state index in [9.17, 15) is 9.90 Å². The molecule has 0 aromatic heterocycles. The van der Waals surface area contributed by atoms with Crippen LogP contribution in [0.25, 0.3) is 0 Å². The summed E-state index contributed by atoms with van der Waals surface area (Å²) in [5, 5.41) is 13.1. The highest BCUT2D eigenvalue weighted by atomic mass is 16.3. The van der Waals surface area contributed by atoms with Crippen molar-refractivity contribution in [1.82, 2.24) is 10.2 Å². The number of aliphatic hydroxyl groups excluding tert-OH is 1. The van der Waals surface area contributed by atoms with E-state index in [1.165, 1.54) is 0 Å². The second-order valence-corrected chi connectivity index (χ2v) is 5.53. The van der Waals surface area contributed by atoms with E-state index in [-0.39, 0.29) is 11.8 Å². The van der Waals surface area contributed by atoms with E-state index in [1.54, 1.807) is 4.90 Å². The topological polar surface area (TPSA) is 52.6 Å². The summed E-state index contributed by atoms with van der Waals surface area (Å²) in [7, 11) is 0. The lowest BCUT2D eigenvalue weighted by Crippen LogP contribution is -2.46. The molecule has 100 valence electrons. The number of hydrogen-bond acceptors (Lipinski definition) is 3.